The van der Waals surface area contributed by atoms with Crippen molar-refractivity contribution in [3.63, 3.8) is 0 Å². The SMILES string of the molecule is COC(=O)CC#Cc1c(Cl)cncc1Cl. The average Bonchev–Trinajstić information content (AvgIpc) is 2.22. The smallest absolute Gasteiger partial charge is 0.317 e. The molecule has 0 fully saturated rings. The molecule has 0 saturated carbocycles. The van der Waals surface area contributed by atoms with Crippen LogP contribution in [0.1, 0.15) is 12.0 Å². The molecule has 0 aliphatic heterocycles. The number of pyridine rings is 1. The first-order valence-electron chi connectivity index (χ1n) is 4.00. The van der Waals surface area contributed by atoms with E-state index in [4.69, 9.17) is 23.2 Å². The van der Waals surface area contributed by atoms with Gasteiger partial charge in [0.1, 0.15) is 6.42 Å². The summed E-state index contributed by atoms with van der Waals surface area (Å²) in [4.78, 5) is 14.5. The molecule has 0 amide bonds. The predicted octanol–water partition coefficient (Wildman–Crippen LogP) is 2.30. The average molecular weight is 244 g/mol. The Morgan fingerprint density at radius 1 is 1.47 bits per heavy atom. The molecule has 0 radical (unpaired) electrons. The zero-order valence-corrected chi connectivity index (χ0v) is 9.39. The Kier molecular flexibility index (Phi) is 4.41. The van der Waals surface area contributed by atoms with E-state index in [2.05, 4.69) is 21.6 Å². The first-order chi connectivity index (χ1) is 7.15. The lowest BCUT2D eigenvalue weighted by atomic mass is 10.2. The van der Waals surface area contributed by atoms with Gasteiger partial charge in [0.2, 0.25) is 0 Å². The zero-order chi connectivity index (χ0) is 11.3. The second-order valence-corrected chi connectivity index (χ2v) is 3.35. The molecule has 5 heteroatoms. The van der Waals surface area contributed by atoms with Gasteiger partial charge < -0.3 is 4.74 Å². The van der Waals surface area contributed by atoms with Gasteiger partial charge >= 0.3 is 5.97 Å². The summed E-state index contributed by atoms with van der Waals surface area (Å²) in [5.74, 6) is 4.91. The van der Waals surface area contributed by atoms with Crippen molar-refractivity contribution in [2.45, 2.75) is 6.42 Å². The Morgan fingerprint density at radius 2 is 2.07 bits per heavy atom. The zero-order valence-electron chi connectivity index (χ0n) is 7.88. The molecule has 0 N–H and O–H groups in total. The number of nitrogens with zero attached hydrogens (tertiary/aromatic N) is 1. The van der Waals surface area contributed by atoms with Gasteiger partial charge in [0.25, 0.3) is 0 Å². The Balaban J connectivity index is 2.84. The van der Waals surface area contributed by atoms with Crippen LogP contribution in [0, 0.1) is 11.8 Å². The van der Waals surface area contributed by atoms with E-state index in [0.717, 1.165) is 0 Å². The minimum Gasteiger partial charge on any atom is -0.468 e. The molecule has 0 saturated heterocycles. The number of ether oxygens (including phenoxy) is 1. The summed E-state index contributed by atoms with van der Waals surface area (Å²) in [5.41, 5.74) is 0.470. The summed E-state index contributed by atoms with van der Waals surface area (Å²) in [6.45, 7) is 0. The predicted molar refractivity (Wildman–Crippen MR) is 57.8 cm³/mol. The van der Waals surface area contributed by atoms with Crippen LogP contribution >= 0.6 is 23.2 Å². The van der Waals surface area contributed by atoms with Crippen molar-refractivity contribution < 1.29 is 9.53 Å². The molecule has 1 aromatic heterocycles. The number of hydrogen-bond donors (Lipinski definition) is 0. The normalized spacial score (nSPS) is 9.00. The Morgan fingerprint density at radius 3 is 2.60 bits per heavy atom. The van der Waals surface area contributed by atoms with E-state index in [1.165, 1.54) is 19.5 Å². The summed E-state index contributed by atoms with van der Waals surface area (Å²) in [5, 5.41) is 0.722. The van der Waals surface area contributed by atoms with Crippen molar-refractivity contribution >= 4 is 29.2 Å². The summed E-state index contributed by atoms with van der Waals surface area (Å²) >= 11 is 11.6. The van der Waals surface area contributed by atoms with Crippen LogP contribution in [0.4, 0.5) is 0 Å². The third-order valence-electron chi connectivity index (χ3n) is 1.53. The highest BCUT2D eigenvalue weighted by molar-refractivity contribution is 6.36. The second kappa shape index (κ2) is 5.59. The van der Waals surface area contributed by atoms with E-state index in [0.29, 0.717) is 15.6 Å². The largest absolute Gasteiger partial charge is 0.468 e. The standard InChI is InChI=1S/C10H7Cl2NO2/c1-15-10(14)4-2-3-7-8(11)5-13-6-9(7)12/h5-6H,4H2,1H3. The Hall–Kier alpha value is -1.24. The van der Waals surface area contributed by atoms with Crippen molar-refractivity contribution in [2.75, 3.05) is 7.11 Å². The molecule has 0 atom stereocenters. The van der Waals surface area contributed by atoms with E-state index >= 15 is 0 Å². The highest BCUT2D eigenvalue weighted by atomic mass is 35.5. The van der Waals surface area contributed by atoms with Crippen LogP contribution < -0.4 is 0 Å². The number of esters is 1. The maximum Gasteiger partial charge on any atom is 0.317 e. The fourth-order valence-corrected chi connectivity index (χ4v) is 1.27. The van der Waals surface area contributed by atoms with Crippen molar-refractivity contribution in [3.05, 3.63) is 28.0 Å². The number of rotatable bonds is 1. The van der Waals surface area contributed by atoms with Crippen molar-refractivity contribution in [1.82, 2.24) is 4.98 Å². The number of aromatic nitrogens is 1. The minimum atomic E-state index is -0.399. The molecule has 0 aliphatic rings. The summed E-state index contributed by atoms with van der Waals surface area (Å²) in [7, 11) is 1.30. The van der Waals surface area contributed by atoms with Gasteiger partial charge in [-0.05, 0) is 0 Å². The fraction of sp³-hybridized carbons (Fsp3) is 0.200. The first-order valence-corrected chi connectivity index (χ1v) is 4.75. The van der Waals surface area contributed by atoms with E-state index in [9.17, 15) is 4.79 Å². The Bertz CT molecular complexity index is 415. The van der Waals surface area contributed by atoms with Gasteiger partial charge in [-0.1, -0.05) is 35.0 Å². The van der Waals surface area contributed by atoms with Gasteiger partial charge in [-0.15, -0.1) is 0 Å². The third-order valence-corrected chi connectivity index (χ3v) is 2.10. The summed E-state index contributed by atoms with van der Waals surface area (Å²) in [6.07, 6.45) is 2.89. The maximum atomic E-state index is 10.8. The van der Waals surface area contributed by atoms with Gasteiger partial charge in [-0.25, -0.2) is 0 Å². The van der Waals surface area contributed by atoms with E-state index in [1.54, 1.807) is 0 Å². The molecule has 0 unspecified atom stereocenters. The number of carbonyl (C=O) groups excluding carboxylic acids is 1. The molecule has 1 rings (SSSR count). The molecule has 0 bridgehead atoms. The number of methoxy groups -OCH3 is 1. The molecule has 1 heterocycles. The topological polar surface area (TPSA) is 39.2 Å². The van der Waals surface area contributed by atoms with Crippen LogP contribution in [0.3, 0.4) is 0 Å². The van der Waals surface area contributed by atoms with Crippen LogP contribution in [0.5, 0.6) is 0 Å². The van der Waals surface area contributed by atoms with Crippen LogP contribution in [-0.2, 0) is 9.53 Å². The van der Waals surface area contributed by atoms with Crippen LogP contribution in [0.15, 0.2) is 12.4 Å². The van der Waals surface area contributed by atoms with Gasteiger partial charge in [0, 0.05) is 12.4 Å². The monoisotopic (exact) mass is 243 g/mol. The second-order valence-electron chi connectivity index (χ2n) is 2.53. The van der Waals surface area contributed by atoms with E-state index in [1.807, 2.05) is 0 Å². The van der Waals surface area contributed by atoms with Crippen molar-refractivity contribution in [3.8, 4) is 11.8 Å². The molecule has 3 nitrogen and oxygen atoms in total. The Labute approximate surface area is 97.4 Å². The van der Waals surface area contributed by atoms with Crippen LogP contribution in [0.2, 0.25) is 10.0 Å². The number of hydrogen-bond acceptors (Lipinski definition) is 3. The third kappa shape index (κ3) is 3.43. The fourth-order valence-electron chi connectivity index (χ4n) is 0.808. The number of carbonyl (C=O) groups is 1. The molecular weight excluding hydrogens is 237 g/mol. The minimum absolute atomic E-state index is 0.00544. The maximum absolute atomic E-state index is 10.8. The lowest BCUT2D eigenvalue weighted by Crippen LogP contribution is -1.97. The van der Waals surface area contributed by atoms with E-state index < -0.39 is 5.97 Å². The molecule has 0 spiro atoms. The highest BCUT2D eigenvalue weighted by Gasteiger charge is 2.02. The summed E-state index contributed by atoms with van der Waals surface area (Å²) in [6, 6.07) is 0. The number of halogens is 2. The molecule has 0 aliphatic carbocycles. The quantitative estimate of drug-likeness (QED) is 0.562. The molecular formula is C10H7Cl2NO2. The molecule has 78 valence electrons. The molecule has 1 aromatic rings. The van der Waals surface area contributed by atoms with Gasteiger partial charge in [-0.3, -0.25) is 9.78 Å². The van der Waals surface area contributed by atoms with Gasteiger partial charge in [-0.2, -0.15) is 0 Å². The van der Waals surface area contributed by atoms with Crippen molar-refractivity contribution in [2.24, 2.45) is 0 Å². The van der Waals surface area contributed by atoms with Gasteiger partial charge in [0.15, 0.2) is 0 Å². The lowest BCUT2D eigenvalue weighted by molar-refractivity contribution is -0.139. The van der Waals surface area contributed by atoms with Crippen LogP contribution in [-0.4, -0.2) is 18.1 Å². The van der Waals surface area contributed by atoms with Gasteiger partial charge in [0.05, 0.1) is 22.7 Å². The van der Waals surface area contributed by atoms with E-state index in [-0.39, 0.29) is 6.42 Å². The van der Waals surface area contributed by atoms with Crippen molar-refractivity contribution in [1.29, 1.82) is 0 Å². The lowest BCUT2D eigenvalue weighted by Gasteiger charge is -1.96. The first kappa shape index (κ1) is 11.8. The molecule has 0 aromatic carbocycles. The van der Waals surface area contributed by atoms with Crippen LogP contribution in [0.25, 0.3) is 0 Å². The molecule has 15 heavy (non-hydrogen) atoms. The summed E-state index contributed by atoms with van der Waals surface area (Å²) < 4.78 is 4.43. The highest BCUT2D eigenvalue weighted by Crippen LogP contribution is 2.21.